The lowest BCUT2D eigenvalue weighted by Crippen LogP contribution is -1.84. The first-order chi connectivity index (χ1) is 4.74. The molecule has 0 aliphatic rings. The van der Waals surface area contributed by atoms with Crippen LogP contribution in [-0.4, -0.2) is 4.98 Å². The fourth-order valence-electron chi connectivity index (χ4n) is 0.631. The molecule has 2 nitrogen and oxygen atoms in total. The Morgan fingerprint density at radius 3 is 3.00 bits per heavy atom. The Morgan fingerprint density at radius 2 is 2.60 bits per heavy atom. The van der Waals surface area contributed by atoms with E-state index in [0.29, 0.717) is 5.13 Å². The molecule has 0 saturated carbocycles. The lowest BCUT2D eigenvalue weighted by Gasteiger charge is -1.92. The van der Waals surface area contributed by atoms with Crippen LogP contribution in [0.3, 0.4) is 0 Å². The van der Waals surface area contributed by atoms with Gasteiger partial charge in [-0.3, -0.25) is 0 Å². The fourth-order valence-corrected chi connectivity index (χ4v) is 1.23. The summed E-state index contributed by atoms with van der Waals surface area (Å²) in [4.78, 5) is 4.08. The molecule has 1 heterocycles. The molecular formula is C7H10N2S. The Labute approximate surface area is 64.4 Å². The van der Waals surface area contributed by atoms with Gasteiger partial charge < -0.3 is 5.73 Å². The molecule has 2 N–H and O–H groups in total. The van der Waals surface area contributed by atoms with Crippen molar-refractivity contribution in [1.82, 2.24) is 4.98 Å². The first kappa shape index (κ1) is 7.28. The van der Waals surface area contributed by atoms with Crippen molar-refractivity contribution in [2.45, 2.75) is 13.3 Å². The van der Waals surface area contributed by atoms with Crippen LogP contribution in [0, 0.1) is 0 Å². The van der Waals surface area contributed by atoms with Crippen molar-refractivity contribution in [2.75, 3.05) is 5.73 Å². The van der Waals surface area contributed by atoms with E-state index in [4.69, 9.17) is 5.73 Å². The predicted octanol–water partition coefficient (Wildman–Crippen LogP) is 2.15. The standard InChI is InChI=1S/C7H10N2S/c1-3-5(2)6-4-10-7(8)9-6/h4H,2-3H2,1H3,(H2,8,9). The minimum atomic E-state index is 0.615. The van der Waals surface area contributed by atoms with Gasteiger partial charge in [0.05, 0.1) is 5.69 Å². The summed E-state index contributed by atoms with van der Waals surface area (Å²) in [5.74, 6) is 0. The molecule has 0 spiro atoms. The minimum absolute atomic E-state index is 0.615. The third-order valence-electron chi connectivity index (χ3n) is 1.31. The zero-order chi connectivity index (χ0) is 7.56. The smallest absolute Gasteiger partial charge is 0.180 e. The molecule has 3 heteroatoms. The molecule has 0 bridgehead atoms. The third-order valence-corrected chi connectivity index (χ3v) is 1.98. The normalized spacial score (nSPS) is 9.70. The fraction of sp³-hybridized carbons (Fsp3) is 0.286. The SMILES string of the molecule is C=C(CC)c1csc(N)n1. The van der Waals surface area contributed by atoms with Crippen molar-refractivity contribution < 1.29 is 0 Å². The van der Waals surface area contributed by atoms with Gasteiger partial charge in [-0.05, 0) is 12.0 Å². The number of allylic oxidation sites excluding steroid dienone is 1. The van der Waals surface area contributed by atoms with E-state index in [0.717, 1.165) is 17.7 Å². The van der Waals surface area contributed by atoms with Gasteiger partial charge in [-0.25, -0.2) is 4.98 Å². The largest absolute Gasteiger partial charge is 0.375 e. The first-order valence-electron chi connectivity index (χ1n) is 3.13. The van der Waals surface area contributed by atoms with Gasteiger partial charge in [0, 0.05) is 5.38 Å². The number of nitrogens with two attached hydrogens (primary N) is 1. The van der Waals surface area contributed by atoms with E-state index >= 15 is 0 Å². The molecule has 10 heavy (non-hydrogen) atoms. The van der Waals surface area contributed by atoms with Gasteiger partial charge in [0.2, 0.25) is 0 Å². The summed E-state index contributed by atoms with van der Waals surface area (Å²) in [6.45, 7) is 5.90. The van der Waals surface area contributed by atoms with E-state index in [1.54, 1.807) is 0 Å². The van der Waals surface area contributed by atoms with Gasteiger partial charge in [0.1, 0.15) is 0 Å². The predicted molar refractivity (Wildman–Crippen MR) is 45.9 cm³/mol. The first-order valence-corrected chi connectivity index (χ1v) is 4.01. The van der Waals surface area contributed by atoms with Crippen molar-refractivity contribution in [2.24, 2.45) is 0 Å². The molecule has 1 rings (SSSR count). The van der Waals surface area contributed by atoms with Crippen LogP contribution in [0.1, 0.15) is 19.0 Å². The molecule has 0 aromatic carbocycles. The number of hydrogen-bond donors (Lipinski definition) is 1. The highest BCUT2D eigenvalue weighted by Gasteiger charge is 1.99. The number of thiazole rings is 1. The number of hydrogen-bond acceptors (Lipinski definition) is 3. The molecule has 1 aromatic rings. The second kappa shape index (κ2) is 2.84. The van der Waals surface area contributed by atoms with Crippen LogP contribution in [0.2, 0.25) is 0 Å². The van der Waals surface area contributed by atoms with E-state index < -0.39 is 0 Å². The van der Waals surface area contributed by atoms with E-state index in [2.05, 4.69) is 18.5 Å². The monoisotopic (exact) mass is 154 g/mol. The molecule has 0 aliphatic carbocycles. The third kappa shape index (κ3) is 1.36. The van der Waals surface area contributed by atoms with Crippen molar-refractivity contribution >= 4 is 22.0 Å². The lowest BCUT2D eigenvalue weighted by atomic mass is 10.2. The highest BCUT2D eigenvalue weighted by molar-refractivity contribution is 7.13. The molecule has 0 radical (unpaired) electrons. The zero-order valence-corrected chi connectivity index (χ0v) is 6.74. The number of nitrogens with zero attached hydrogens (tertiary/aromatic N) is 1. The molecule has 0 unspecified atom stereocenters. The quantitative estimate of drug-likeness (QED) is 0.708. The van der Waals surface area contributed by atoms with E-state index in [9.17, 15) is 0 Å². The van der Waals surface area contributed by atoms with E-state index in [1.807, 2.05) is 5.38 Å². The van der Waals surface area contributed by atoms with Gasteiger partial charge in [-0.1, -0.05) is 13.5 Å². The Bertz CT molecular complexity index is 240. The minimum Gasteiger partial charge on any atom is -0.375 e. The topological polar surface area (TPSA) is 38.9 Å². The highest BCUT2D eigenvalue weighted by Crippen LogP contribution is 2.19. The van der Waals surface area contributed by atoms with Gasteiger partial charge >= 0.3 is 0 Å². The van der Waals surface area contributed by atoms with Crippen molar-refractivity contribution in [3.05, 3.63) is 17.7 Å². The van der Waals surface area contributed by atoms with Gasteiger partial charge in [0.15, 0.2) is 5.13 Å². The molecule has 1 aromatic heterocycles. The van der Waals surface area contributed by atoms with Crippen LogP contribution in [0.4, 0.5) is 5.13 Å². The second-order valence-corrected chi connectivity index (χ2v) is 2.92. The second-order valence-electron chi connectivity index (χ2n) is 2.03. The Balaban J connectivity index is 2.85. The summed E-state index contributed by atoms with van der Waals surface area (Å²) in [5.41, 5.74) is 7.42. The summed E-state index contributed by atoms with van der Waals surface area (Å²) in [6, 6.07) is 0. The van der Waals surface area contributed by atoms with Gasteiger partial charge in [-0.2, -0.15) is 0 Å². The summed E-state index contributed by atoms with van der Waals surface area (Å²) in [5, 5.41) is 2.55. The van der Waals surface area contributed by atoms with Gasteiger partial charge in [-0.15, -0.1) is 11.3 Å². The van der Waals surface area contributed by atoms with Crippen LogP contribution in [-0.2, 0) is 0 Å². The summed E-state index contributed by atoms with van der Waals surface area (Å²) in [6.07, 6.45) is 0.934. The van der Waals surface area contributed by atoms with Crippen LogP contribution in [0.5, 0.6) is 0 Å². The van der Waals surface area contributed by atoms with Gasteiger partial charge in [0.25, 0.3) is 0 Å². The number of nitrogen functional groups attached to an aromatic ring is 1. The maximum atomic E-state index is 5.44. The van der Waals surface area contributed by atoms with Crippen LogP contribution < -0.4 is 5.73 Å². The van der Waals surface area contributed by atoms with E-state index in [-0.39, 0.29) is 0 Å². The van der Waals surface area contributed by atoms with Crippen molar-refractivity contribution in [3.63, 3.8) is 0 Å². The summed E-state index contributed by atoms with van der Waals surface area (Å²) >= 11 is 1.45. The average Bonchev–Trinajstić information content (AvgIpc) is 2.34. The molecule has 0 saturated heterocycles. The van der Waals surface area contributed by atoms with Crippen molar-refractivity contribution in [1.29, 1.82) is 0 Å². The highest BCUT2D eigenvalue weighted by atomic mass is 32.1. The Kier molecular flexibility index (Phi) is 2.06. The maximum Gasteiger partial charge on any atom is 0.180 e. The van der Waals surface area contributed by atoms with Crippen molar-refractivity contribution in [3.8, 4) is 0 Å². The summed E-state index contributed by atoms with van der Waals surface area (Å²) < 4.78 is 0. The molecule has 0 amide bonds. The number of rotatable bonds is 2. The van der Waals surface area contributed by atoms with Crippen LogP contribution in [0.25, 0.3) is 5.57 Å². The number of aromatic nitrogens is 1. The Hall–Kier alpha value is -0.830. The molecular weight excluding hydrogens is 144 g/mol. The summed E-state index contributed by atoms with van der Waals surface area (Å²) in [7, 11) is 0. The molecule has 0 atom stereocenters. The zero-order valence-electron chi connectivity index (χ0n) is 5.92. The molecule has 0 aliphatic heterocycles. The maximum absolute atomic E-state index is 5.44. The van der Waals surface area contributed by atoms with Crippen LogP contribution in [0.15, 0.2) is 12.0 Å². The average molecular weight is 154 g/mol. The van der Waals surface area contributed by atoms with E-state index in [1.165, 1.54) is 11.3 Å². The molecule has 0 fully saturated rings. The number of anilines is 1. The Morgan fingerprint density at radius 1 is 1.90 bits per heavy atom. The lowest BCUT2D eigenvalue weighted by molar-refractivity contribution is 1.21. The van der Waals surface area contributed by atoms with Crippen LogP contribution >= 0.6 is 11.3 Å². The molecule has 54 valence electrons.